The van der Waals surface area contributed by atoms with Crippen molar-refractivity contribution in [3.05, 3.63) is 70.8 Å². The minimum Gasteiger partial charge on any atom is -0.372 e. The van der Waals surface area contributed by atoms with Crippen molar-refractivity contribution in [1.82, 2.24) is 0 Å². The van der Waals surface area contributed by atoms with Gasteiger partial charge in [-0.1, -0.05) is 64.1 Å². The van der Waals surface area contributed by atoms with Crippen LogP contribution in [0.4, 0.5) is 11.4 Å². The Morgan fingerprint density at radius 3 is 1.29 bits per heavy atom. The van der Waals surface area contributed by atoms with Crippen molar-refractivity contribution in [3.63, 3.8) is 0 Å². The molecule has 2 atom stereocenters. The molecular formula is C32H44N2. The van der Waals surface area contributed by atoms with Crippen molar-refractivity contribution >= 4 is 23.5 Å². The Balaban J connectivity index is 1.46. The third kappa shape index (κ3) is 5.43. The lowest BCUT2D eigenvalue weighted by atomic mass is 9.89. The van der Waals surface area contributed by atoms with E-state index in [9.17, 15) is 0 Å². The van der Waals surface area contributed by atoms with Gasteiger partial charge in [-0.2, -0.15) is 0 Å². The molecule has 0 radical (unpaired) electrons. The standard InChI is InChI=1S/C32H44N2/c1-5-19-33(20-6-2)29-17-15-27-13-11-25(31(27)23-29)9-10-26-12-14-28-16-18-30(24-32(26)28)34(21-7-3)22-8-4/h11-18,23-26H,5-10,19-22H2,1-4H3. The summed E-state index contributed by atoms with van der Waals surface area (Å²) in [6.45, 7) is 13.7. The second-order valence-corrected chi connectivity index (χ2v) is 10.1. The van der Waals surface area contributed by atoms with Gasteiger partial charge in [-0.05, 0) is 85.0 Å². The van der Waals surface area contributed by atoms with E-state index in [1.165, 1.54) is 72.2 Å². The molecule has 0 amide bonds. The van der Waals surface area contributed by atoms with Crippen LogP contribution in [0.25, 0.3) is 12.2 Å². The molecule has 2 aromatic rings. The molecule has 2 aliphatic carbocycles. The average molecular weight is 457 g/mol. The second-order valence-electron chi connectivity index (χ2n) is 10.1. The van der Waals surface area contributed by atoms with Crippen molar-refractivity contribution in [1.29, 1.82) is 0 Å². The van der Waals surface area contributed by atoms with E-state index in [1.807, 2.05) is 0 Å². The zero-order chi connectivity index (χ0) is 23.9. The first-order valence-corrected chi connectivity index (χ1v) is 13.8. The molecule has 2 aliphatic rings. The largest absolute Gasteiger partial charge is 0.372 e. The molecule has 0 saturated carbocycles. The lowest BCUT2D eigenvalue weighted by molar-refractivity contribution is 0.641. The normalized spacial score (nSPS) is 17.8. The van der Waals surface area contributed by atoms with Crippen LogP contribution in [-0.2, 0) is 0 Å². The fraction of sp³-hybridized carbons (Fsp3) is 0.500. The van der Waals surface area contributed by atoms with E-state index >= 15 is 0 Å². The molecule has 182 valence electrons. The van der Waals surface area contributed by atoms with Crippen LogP contribution in [0.15, 0.2) is 48.6 Å². The van der Waals surface area contributed by atoms with Gasteiger partial charge in [-0.25, -0.2) is 0 Å². The Morgan fingerprint density at radius 2 is 0.941 bits per heavy atom. The van der Waals surface area contributed by atoms with Gasteiger partial charge in [0.1, 0.15) is 0 Å². The summed E-state index contributed by atoms with van der Waals surface area (Å²) in [7, 11) is 0. The molecule has 0 fully saturated rings. The van der Waals surface area contributed by atoms with E-state index in [0.29, 0.717) is 11.8 Å². The summed E-state index contributed by atoms with van der Waals surface area (Å²) in [4.78, 5) is 5.12. The Kier molecular flexibility index (Phi) is 8.53. The molecular weight excluding hydrogens is 412 g/mol. The van der Waals surface area contributed by atoms with Crippen LogP contribution in [0.2, 0.25) is 0 Å². The number of nitrogens with zero attached hydrogens (tertiary/aromatic N) is 2. The van der Waals surface area contributed by atoms with Crippen LogP contribution in [0.1, 0.15) is 100 Å². The van der Waals surface area contributed by atoms with E-state index in [-0.39, 0.29) is 0 Å². The minimum atomic E-state index is 0.539. The maximum Gasteiger partial charge on any atom is 0.0369 e. The maximum absolute atomic E-state index is 2.56. The molecule has 0 N–H and O–H groups in total. The van der Waals surface area contributed by atoms with Crippen molar-refractivity contribution in [2.24, 2.45) is 0 Å². The quantitative estimate of drug-likeness (QED) is 0.297. The van der Waals surface area contributed by atoms with Crippen molar-refractivity contribution < 1.29 is 0 Å². The highest BCUT2D eigenvalue weighted by Crippen LogP contribution is 2.41. The van der Waals surface area contributed by atoms with Crippen LogP contribution in [0, 0.1) is 0 Å². The molecule has 0 spiro atoms. The smallest absolute Gasteiger partial charge is 0.0369 e. The molecule has 34 heavy (non-hydrogen) atoms. The number of rotatable bonds is 13. The fourth-order valence-corrected chi connectivity index (χ4v) is 5.79. The van der Waals surface area contributed by atoms with E-state index in [2.05, 4.69) is 98.2 Å². The van der Waals surface area contributed by atoms with Crippen molar-refractivity contribution in [3.8, 4) is 0 Å². The Bertz CT molecular complexity index is 909. The van der Waals surface area contributed by atoms with Gasteiger partial charge in [0.15, 0.2) is 0 Å². The highest BCUT2D eigenvalue weighted by Gasteiger charge is 2.23. The summed E-state index contributed by atoms with van der Waals surface area (Å²) in [5.74, 6) is 1.08. The summed E-state index contributed by atoms with van der Waals surface area (Å²) >= 11 is 0. The molecule has 2 heteroatoms. The van der Waals surface area contributed by atoms with Crippen molar-refractivity contribution in [2.75, 3.05) is 36.0 Å². The van der Waals surface area contributed by atoms with Gasteiger partial charge in [0.25, 0.3) is 0 Å². The van der Waals surface area contributed by atoms with Gasteiger partial charge in [-0.15, -0.1) is 0 Å². The van der Waals surface area contributed by atoms with Gasteiger partial charge in [-0.3, -0.25) is 0 Å². The Labute approximate surface area is 208 Å². The summed E-state index contributed by atoms with van der Waals surface area (Å²) in [6, 6.07) is 14.3. The van der Waals surface area contributed by atoms with Gasteiger partial charge >= 0.3 is 0 Å². The van der Waals surface area contributed by atoms with Crippen LogP contribution >= 0.6 is 0 Å². The molecule has 4 rings (SSSR count). The lowest BCUT2D eigenvalue weighted by Gasteiger charge is -2.26. The van der Waals surface area contributed by atoms with E-state index in [4.69, 9.17) is 0 Å². The van der Waals surface area contributed by atoms with Gasteiger partial charge in [0.2, 0.25) is 0 Å². The third-order valence-corrected chi connectivity index (χ3v) is 7.45. The molecule has 0 aromatic heterocycles. The van der Waals surface area contributed by atoms with Crippen LogP contribution in [-0.4, -0.2) is 26.2 Å². The second kappa shape index (κ2) is 11.8. The number of fused-ring (bicyclic) bond motifs is 2. The first-order valence-electron chi connectivity index (χ1n) is 13.8. The minimum absolute atomic E-state index is 0.539. The van der Waals surface area contributed by atoms with Crippen LogP contribution < -0.4 is 9.80 Å². The van der Waals surface area contributed by atoms with Crippen LogP contribution in [0.3, 0.4) is 0 Å². The molecule has 0 saturated heterocycles. The molecule has 2 nitrogen and oxygen atoms in total. The zero-order valence-corrected chi connectivity index (χ0v) is 21.9. The van der Waals surface area contributed by atoms with Gasteiger partial charge in [0.05, 0.1) is 0 Å². The first kappa shape index (κ1) is 24.6. The highest BCUT2D eigenvalue weighted by atomic mass is 15.1. The summed E-state index contributed by atoms with van der Waals surface area (Å²) < 4.78 is 0. The molecule has 2 unspecified atom stereocenters. The van der Waals surface area contributed by atoms with E-state index < -0.39 is 0 Å². The molecule has 0 aliphatic heterocycles. The maximum atomic E-state index is 2.56. The monoisotopic (exact) mass is 456 g/mol. The van der Waals surface area contributed by atoms with Crippen LogP contribution in [0.5, 0.6) is 0 Å². The lowest BCUT2D eigenvalue weighted by Crippen LogP contribution is -2.25. The topological polar surface area (TPSA) is 6.48 Å². The number of hydrogen-bond acceptors (Lipinski definition) is 2. The molecule has 2 aromatic carbocycles. The SMILES string of the molecule is CCCN(CCC)c1ccc2c(c1)C(CCC1C=Cc3ccc(N(CCC)CCC)cc31)C=C2. The third-order valence-electron chi connectivity index (χ3n) is 7.45. The molecule has 0 heterocycles. The highest BCUT2D eigenvalue weighted by molar-refractivity contribution is 5.68. The number of hydrogen-bond donors (Lipinski definition) is 0. The number of allylic oxidation sites excluding steroid dienone is 2. The predicted octanol–water partition coefficient (Wildman–Crippen LogP) is 8.64. The predicted molar refractivity (Wildman–Crippen MR) is 151 cm³/mol. The van der Waals surface area contributed by atoms with E-state index in [1.54, 1.807) is 0 Å². The number of benzene rings is 2. The Morgan fingerprint density at radius 1 is 0.559 bits per heavy atom. The summed E-state index contributed by atoms with van der Waals surface area (Å²) in [5.41, 5.74) is 8.70. The first-order chi connectivity index (χ1) is 16.7. The summed E-state index contributed by atoms with van der Waals surface area (Å²) in [5, 5.41) is 0. The van der Waals surface area contributed by atoms with Gasteiger partial charge < -0.3 is 9.80 Å². The zero-order valence-electron chi connectivity index (χ0n) is 21.9. The average Bonchev–Trinajstić information content (AvgIpc) is 3.45. The summed E-state index contributed by atoms with van der Waals surface area (Å²) in [6.07, 6.45) is 16.8. The number of anilines is 2. The van der Waals surface area contributed by atoms with Gasteiger partial charge in [0, 0.05) is 49.4 Å². The fourth-order valence-electron chi connectivity index (χ4n) is 5.79. The Hall–Kier alpha value is -2.48. The van der Waals surface area contributed by atoms with Crippen molar-refractivity contribution in [2.45, 2.75) is 78.1 Å². The molecule has 0 bridgehead atoms. The van der Waals surface area contributed by atoms with E-state index in [0.717, 1.165) is 26.2 Å².